The normalized spacial score (nSPS) is 21.2. The van der Waals surface area contributed by atoms with E-state index < -0.39 is 23.7 Å². The van der Waals surface area contributed by atoms with E-state index in [1.165, 1.54) is 24.3 Å². The van der Waals surface area contributed by atoms with Crippen LogP contribution in [-0.2, 0) is 29.8 Å². The first-order valence-electron chi connectivity index (χ1n) is 15.8. The third kappa shape index (κ3) is 5.72. The summed E-state index contributed by atoms with van der Waals surface area (Å²) in [4.78, 5) is 10.5. The number of hydrogen-bond donors (Lipinski definition) is 0. The Hall–Kier alpha value is -5.14. The van der Waals surface area contributed by atoms with Gasteiger partial charge in [0.2, 0.25) is 5.82 Å². The summed E-state index contributed by atoms with van der Waals surface area (Å²) in [5, 5.41) is 20.9. The maximum Gasteiger partial charge on any atom is 0.471 e. The number of ether oxygens (including phenoxy) is 3. The van der Waals surface area contributed by atoms with E-state index in [1.54, 1.807) is 13.0 Å². The minimum absolute atomic E-state index is 0.000694. The number of halogens is 4. The van der Waals surface area contributed by atoms with Crippen molar-refractivity contribution in [3.8, 4) is 29.1 Å². The average Bonchev–Trinajstić information content (AvgIpc) is 3.78. The molecule has 12 nitrogen and oxygen atoms in total. The zero-order chi connectivity index (χ0) is 33.9. The Balaban J connectivity index is 0.996. The number of alkyl halides is 3. The van der Waals surface area contributed by atoms with Gasteiger partial charge in [-0.2, -0.15) is 23.4 Å². The summed E-state index contributed by atoms with van der Waals surface area (Å²) < 4.78 is 78.5. The second-order valence-corrected chi connectivity index (χ2v) is 12.5. The van der Waals surface area contributed by atoms with Crippen LogP contribution in [0.3, 0.4) is 0 Å². The lowest BCUT2D eigenvalue weighted by atomic mass is 9.88. The highest BCUT2D eigenvalue weighted by Gasteiger charge is 2.43. The molecule has 2 fully saturated rings. The summed E-state index contributed by atoms with van der Waals surface area (Å²) in [5.41, 5.74) is 2.36. The molecular weight excluding hydrogens is 648 g/mol. The number of nitriles is 1. The van der Waals surface area contributed by atoms with Crippen LogP contribution in [0.25, 0.3) is 22.7 Å². The number of para-hydroxylation sites is 1. The molecule has 3 aliphatic rings. The van der Waals surface area contributed by atoms with Crippen molar-refractivity contribution in [2.75, 3.05) is 19.7 Å². The number of likely N-dealkylation sites (tertiary alicyclic amines) is 1. The number of nitrogens with zero attached hydrogens (tertiary/aromatic N) is 8. The second kappa shape index (κ2) is 11.8. The average molecular weight is 677 g/mol. The lowest BCUT2D eigenvalue weighted by molar-refractivity contribution is -0.159. The van der Waals surface area contributed by atoms with Crippen LogP contribution in [0.5, 0.6) is 11.5 Å². The molecule has 6 heterocycles. The highest BCUT2D eigenvalue weighted by Crippen LogP contribution is 2.49. The predicted octanol–water partition coefficient (Wildman–Crippen LogP) is 5.72. The van der Waals surface area contributed by atoms with E-state index in [9.17, 15) is 17.6 Å². The fourth-order valence-electron chi connectivity index (χ4n) is 6.60. The van der Waals surface area contributed by atoms with Gasteiger partial charge in [-0.15, -0.1) is 10.2 Å². The Morgan fingerprint density at radius 1 is 1.04 bits per heavy atom. The Labute approximate surface area is 276 Å². The van der Waals surface area contributed by atoms with Crippen LogP contribution in [0.4, 0.5) is 17.6 Å². The van der Waals surface area contributed by atoms with Gasteiger partial charge in [-0.1, -0.05) is 17.3 Å². The van der Waals surface area contributed by atoms with Crippen molar-refractivity contribution < 1.29 is 36.3 Å². The number of imidazole rings is 1. The lowest BCUT2D eigenvalue weighted by Gasteiger charge is -2.33. The van der Waals surface area contributed by atoms with E-state index in [1.807, 2.05) is 22.8 Å². The molecule has 16 heteroatoms. The molecule has 0 spiro atoms. The summed E-state index contributed by atoms with van der Waals surface area (Å²) in [7, 11) is 0. The first-order chi connectivity index (χ1) is 23.6. The number of fused-ring (bicyclic) bond motifs is 2. The molecule has 0 bridgehead atoms. The van der Waals surface area contributed by atoms with Gasteiger partial charge in [0.05, 0.1) is 36.4 Å². The lowest BCUT2D eigenvalue weighted by Crippen LogP contribution is -2.35. The smallest absolute Gasteiger partial charge is 0.444 e. The molecular formula is C33H28F4N8O4. The molecule has 2 aromatic carbocycles. The van der Waals surface area contributed by atoms with Crippen LogP contribution < -0.4 is 9.47 Å². The SMILES string of the molecule is CC1(c2ccc(C#N)cc2F)Oc2cccc(C3CCN(Cc4nc5cc(-c6noc(C(F)(F)F)n6)nnc5n4C[C@@H]4CCO4)CC3)c2O1. The molecule has 0 amide bonds. The van der Waals surface area contributed by atoms with Gasteiger partial charge in [-0.3, -0.25) is 4.90 Å². The van der Waals surface area contributed by atoms with Crippen LogP contribution in [-0.4, -0.2) is 60.6 Å². The third-order valence-electron chi connectivity index (χ3n) is 9.24. The predicted molar refractivity (Wildman–Crippen MR) is 161 cm³/mol. The van der Waals surface area contributed by atoms with Gasteiger partial charge >= 0.3 is 12.1 Å². The fourth-order valence-corrected chi connectivity index (χ4v) is 6.60. The number of hydrogen-bond acceptors (Lipinski definition) is 11. The molecule has 49 heavy (non-hydrogen) atoms. The van der Waals surface area contributed by atoms with Gasteiger partial charge in [0.25, 0.3) is 5.79 Å². The fraction of sp³-hybridized carbons (Fsp3) is 0.394. The number of piperidine rings is 1. The van der Waals surface area contributed by atoms with Crippen molar-refractivity contribution in [2.45, 2.75) is 63.3 Å². The zero-order valence-electron chi connectivity index (χ0n) is 26.1. The van der Waals surface area contributed by atoms with Crippen molar-refractivity contribution >= 4 is 11.2 Å². The summed E-state index contributed by atoms with van der Waals surface area (Å²) in [6, 6.07) is 13.4. The number of benzene rings is 2. The molecule has 0 saturated carbocycles. The Morgan fingerprint density at radius 2 is 1.86 bits per heavy atom. The van der Waals surface area contributed by atoms with E-state index in [0.29, 0.717) is 42.4 Å². The maximum absolute atomic E-state index is 15.0. The van der Waals surface area contributed by atoms with Gasteiger partial charge in [0.1, 0.15) is 22.9 Å². The molecule has 5 aromatic rings. The van der Waals surface area contributed by atoms with Crippen molar-refractivity contribution in [2.24, 2.45) is 0 Å². The third-order valence-corrected chi connectivity index (χ3v) is 9.24. The Kier molecular flexibility index (Phi) is 7.49. The molecule has 3 aliphatic heterocycles. The van der Waals surface area contributed by atoms with Crippen LogP contribution in [0.15, 0.2) is 47.0 Å². The van der Waals surface area contributed by atoms with Crippen molar-refractivity contribution in [1.82, 2.24) is 34.8 Å². The van der Waals surface area contributed by atoms with E-state index >= 15 is 0 Å². The van der Waals surface area contributed by atoms with E-state index in [-0.39, 0.29) is 34.7 Å². The summed E-state index contributed by atoms with van der Waals surface area (Å²) in [6.07, 6.45) is -2.25. The molecule has 2 saturated heterocycles. The van der Waals surface area contributed by atoms with E-state index in [2.05, 4.69) is 29.8 Å². The second-order valence-electron chi connectivity index (χ2n) is 12.5. The van der Waals surface area contributed by atoms with Gasteiger partial charge in [-0.25, -0.2) is 9.37 Å². The topological polar surface area (TPSA) is 137 Å². The molecule has 8 rings (SSSR count). The summed E-state index contributed by atoms with van der Waals surface area (Å²) >= 11 is 0. The highest BCUT2D eigenvalue weighted by molar-refractivity contribution is 5.75. The van der Waals surface area contributed by atoms with Crippen LogP contribution in [0.2, 0.25) is 0 Å². The Morgan fingerprint density at radius 3 is 2.55 bits per heavy atom. The van der Waals surface area contributed by atoms with Gasteiger partial charge < -0.3 is 23.3 Å². The van der Waals surface area contributed by atoms with Crippen LogP contribution in [0, 0.1) is 17.1 Å². The van der Waals surface area contributed by atoms with Crippen LogP contribution in [0.1, 0.15) is 60.5 Å². The minimum Gasteiger partial charge on any atom is -0.444 e. The highest BCUT2D eigenvalue weighted by atomic mass is 19.4. The first kappa shape index (κ1) is 31.1. The molecule has 1 unspecified atom stereocenters. The van der Waals surface area contributed by atoms with Gasteiger partial charge in [0, 0.05) is 19.1 Å². The molecule has 0 radical (unpaired) electrons. The largest absolute Gasteiger partial charge is 0.471 e. The first-order valence-corrected chi connectivity index (χ1v) is 15.8. The maximum atomic E-state index is 15.0. The quantitative estimate of drug-likeness (QED) is 0.196. The van der Waals surface area contributed by atoms with Gasteiger partial charge in [-0.05, 0) is 68.6 Å². The Bertz CT molecular complexity index is 2100. The minimum atomic E-state index is -4.78. The summed E-state index contributed by atoms with van der Waals surface area (Å²) in [6.45, 7) is 4.87. The molecule has 2 atom stereocenters. The molecule has 0 N–H and O–H groups in total. The summed E-state index contributed by atoms with van der Waals surface area (Å²) in [5.74, 6) is -1.73. The molecule has 3 aromatic heterocycles. The molecule has 252 valence electrons. The van der Waals surface area contributed by atoms with Crippen molar-refractivity contribution in [3.63, 3.8) is 0 Å². The van der Waals surface area contributed by atoms with Crippen molar-refractivity contribution in [1.29, 1.82) is 5.26 Å². The van der Waals surface area contributed by atoms with E-state index in [0.717, 1.165) is 43.7 Å². The monoisotopic (exact) mass is 676 g/mol. The number of aromatic nitrogens is 6. The van der Waals surface area contributed by atoms with Crippen LogP contribution >= 0.6 is 0 Å². The van der Waals surface area contributed by atoms with E-state index in [4.69, 9.17) is 24.5 Å². The standard InChI is InChI=1S/C33H28F4N8O4/c1-32(22-6-5-18(15-38)13-23(22)34)47-26-4-2-3-21(28(26)48-32)19-7-10-44(11-8-19)17-27-39-25-14-24(29-40-31(49-43-29)33(35,36)37)41-42-30(25)45(27)16-20-9-12-46-20/h2-6,13-14,19-20H,7-12,16-17H2,1H3/t20-,32?/m0/s1. The van der Waals surface area contributed by atoms with Gasteiger partial charge in [0.15, 0.2) is 17.1 Å². The van der Waals surface area contributed by atoms with Crippen molar-refractivity contribution in [3.05, 3.63) is 76.7 Å². The molecule has 0 aliphatic carbocycles. The zero-order valence-corrected chi connectivity index (χ0v) is 26.1. The number of rotatable bonds is 7.